The molecular formula is C26H41NO4. The molecule has 1 N–H and O–H groups in total. The molecule has 0 amide bonds. The van der Waals surface area contributed by atoms with E-state index < -0.39 is 0 Å². The van der Waals surface area contributed by atoms with Crippen molar-refractivity contribution in [2.45, 2.75) is 117 Å². The van der Waals surface area contributed by atoms with Gasteiger partial charge in [-0.05, 0) is 95.4 Å². The third kappa shape index (κ3) is 6.72. The lowest BCUT2D eigenvalue weighted by Crippen LogP contribution is -2.37. The Labute approximate surface area is 188 Å². The molecule has 1 aromatic carbocycles. The molecule has 31 heavy (non-hydrogen) atoms. The molecule has 1 heterocycles. The molecule has 1 unspecified atom stereocenters. The van der Waals surface area contributed by atoms with Crippen LogP contribution in [0, 0.1) is 30.9 Å². The minimum Gasteiger partial charge on any atom is -0.507 e. The van der Waals surface area contributed by atoms with Gasteiger partial charge in [0.2, 0.25) is 5.70 Å². The number of phenolic OH excluding ortho intramolecular Hbond substituents is 1. The zero-order valence-corrected chi connectivity index (χ0v) is 20.2. The van der Waals surface area contributed by atoms with Gasteiger partial charge in [-0.2, -0.15) is 0 Å². The summed E-state index contributed by atoms with van der Waals surface area (Å²) >= 11 is 0. The van der Waals surface area contributed by atoms with E-state index in [0.29, 0.717) is 17.9 Å². The molecular weight excluding hydrogens is 390 g/mol. The summed E-state index contributed by atoms with van der Waals surface area (Å²) in [4.78, 5) is 11.2. The zero-order valence-electron chi connectivity index (χ0n) is 20.2. The first kappa shape index (κ1) is 25.2. The average molecular weight is 432 g/mol. The van der Waals surface area contributed by atoms with Crippen LogP contribution < -0.4 is 4.74 Å². The van der Waals surface area contributed by atoms with Gasteiger partial charge in [-0.3, -0.25) is 10.1 Å². The second-order valence-corrected chi connectivity index (χ2v) is 9.45. The molecule has 1 atom stereocenters. The molecule has 0 saturated heterocycles. The van der Waals surface area contributed by atoms with Crippen molar-refractivity contribution in [3.8, 4) is 11.5 Å². The highest BCUT2D eigenvalue weighted by Gasteiger charge is 2.34. The number of fused-ring (bicyclic) bond motifs is 1. The summed E-state index contributed by atoms with van der Waals surface area (Å²) in [5.41, 5.74) is 4.06. The van der Waals surface area contributed by atoms with Crippen LogP contribution in [0.2, 0.25) is 0 Å². The Morgan fingerprint density at radius 3 is 2.48 bits per heavy atom. The number of allylic oxidation sites excluding steroid dienone is 2. The number of hydrogen-bond acceptors (Lipinski definition) is 4. The quantitative estimate of drug-likeness (QED) is 0.211. The first-order valence-electron chi connectivity index (χ1n) is 12.0. The molecule has 5 nitrogen and oxygen atoms in total. The second kappa shape index (κ2) is 11.5. The smallest absolute Gasteiger partial charge is 0.242 e. The van der Waals surface area contributed by atoms with E-state index in [9.17, 15) is 15.2 Å². The van der Waals surface area contributed by atoms with Crippen LogP contribution in [0.25, 0.3) is 0 Å². The molecule has 0 aliphatic carbocycles. The molecule has 2 rings (SSSR count). The highest BCUT2D eigenvalue weighted by Crippen LogP contribution is 2.44. The molecule has 0 bridgehead atoms. The number of phenols is 1. The standard InChI is InChI=1S/C26H41NO4/c1-6-7-8-9-10-11-14-22(27(29)30)15-12-13-17-26(5)18-16-23-21(4)24(28)19(2)20(3)25(23)31-26/h14,28H,6-13,15-18H2,1-5H3. The fourth-order valence-corrected chi connectivity index (χ4v) is 4.56. The summed E-state index contributed by atoms with van der Waals surface area (Å²) in [6.07, 6.45) is 13.4. The van der Waals surface area contributed by atoms with Crippen LogP contribution >= 0.6 is 0 Å². The highest BCUT2D eigenvalue weighted by molar-refractivity contribution is 5.58. The van der Waals surface area contributed by atoms with Crippen molar-refractivity contribution >= 4 is 0 Å². The second-order valence-electron chi connectivity index (χ2n) is 9.45. The Balaban J connectivity index is 1.87. The highest BCUT2D eigenvalue weighted by atomic mass is 16.6. The van der Waals surface area contributed by atoms with Crippen molar-refractivity contribution in [2.75, 3.05) is 0 Å². The van der Waals surface area contributed by atoms with Crippen LogP contribution in [0.5, 0.6) is 11.5 Å². The molecule has 0 radical (unpaired) electrons. The summed E-state index contributed by atoms with van der Waals surface area (Å²) in [5, 5.41) is 21.7. The molecule has 1 aliphatic heterocycles. The Bertz CT molecular complexity index is 799. The van der Waals surface area contributed by atoms with E-state index in [1.54, 1.807) is 0 Å². The molecule has 0 aromatic heterocycles. The van der Waals surface area contributed by atoms with Crippen LogP contribution in [0.3, 0.4) is 0 Å². The largest absolute Gasteiger partial charge is 0.507 e. The molecule has 174 valence electrons. The number of nitrogens with zero attached hydrogens (tertiary/aromatic N) is 1. The zero-order chi connectivity index (χ0) is 23.0. The number of benzene rings is 1. The van der Waals surface area contributed by atoms with Crippen molar-refractivity contribution in [2.24, 2.45) is 0 Å². The first-order chi connectivity index (χ1) is 14.7. The van der Waals surface area contributed by atoms with Gasteiger partial charge < -0.3 is 9.84 Å². The van der Waals surface area contributed by atoms with E-state index in [1.165, 1.54) is 19.3 Å². The van der Waals surface area contributed by atoms with Crippen LogP contribution in [0.15, 0.2) is 11.8 Å². The summed E-state index contributed by atoms with van der Waals surface area (Å²) < 4.78 is 6.47. The van der Waals surface area contributed by atoms with Crippen molar-refractivity contribution in [1.29, 1.82) is 0 Å². The molecule has 0 saturated carbocycles. The minimum absolute atomic E-state index is 0.206. The van der Waals surface area contributed by atoms with Crippen LogP contribution in [-0.4, -0.2) is 15.6 Å². The third-order valence-electron chi connectivity index (χ3n) is 6.90. The molecule has 0 fully saturated rings. The van der Waals surface area contributed by atoms with E-state index >= 15 is 0 Å². The molecule has 1 aromatic rings. The van der Waals surface area contributed by atoms with Crippen molar-refractivity contribution in [3.63, 3.8) is 0 Å². The normalized spacial score (nSPS) is 18.5. The predicted molar refractivity (Wildman–Crippen MR) is 127 cm³/mol. The van der Waals surface area contributed by atoms with Gasteiger partial charge in [0.15, 0.2) is 0 Å². The summed E-state index contributed by atoms with van der Waals surface area (Å²) in [6, 6.07) is 0. The fourth-order valence-electron chi connectivity index (χ4n) is 4.56. The van der Waals surface area contributed by atoms with E-state index in [0.717, 1.165) is 79.4 Å². The van der Waals surface area contributed by atoms with Crippen molar-refractivity contribution in [1.82, 2.24) is 0 Å². The number of nitro groups is 1. The van der Waals surface area contributed by atoms with Gasteiger partial charge in [0.1, 0.15) is 17.1 Å². The number of aromatic hydroxyl groups is 1. The van der Waals surface area contributed by atoms with Gasteiger partial charge in [0, 0.05) is 12.0 Å². The summed E-state index contributed by atoms with van der Waals surface area (Å²) in [6.45, 7) is 10.2. The first-order valence-corrected chi connectivity index (χ1v) is 12.0. The van der Waals surface area contributed by atoms with Gasteiger partial charge in [0.05, 0.1) is 4.92 Å². The number of ether oxygens (including phenoxy) is 1. The third-order valence-corrected chi connectivity index (χ3v) is 6.90. The lowest BCUT2D eigenvalue weighted by atomic mass is 9.84. The maximum absolute atomic E-state index is 11.4. The molecule has 5 heteroatoms. The van der Waals surface area contributed by atoms with Crippen LogP contribution in [-0.2, 0) is 6.42 Å². The topological polar surface area (TPSA) is 72.6 Å². The Morgan fingerprint density at radius 1 is 1.10 bits per heavy atom. The number of hydrogen-bond donors (Lipinski definition) is 1. The predicted octanol–water partition coefficient (Wildman–Crippen LogP) is 7.48. The van der Waals surface area contributed by atoms with Crippen LogP contribution in [0.1, 0.15) is 107 Å². The Kier molecular flexibility index (Phi) is 9.39. The van der Waals surface area contributed by atoms with Gasteiger partial charge in [0.25, 0.3) is 0 Å². The average Bonchev–Trinajstić information content (AvgIpc) is 2.74. The Hall–Kier alpha value is -2.04. The fraction of sp³-hybridized carbons (Fsp3) is 0.692. The summed E-state index contributed by atoms with van der Waals surface area (Å²) in [7, 11) is 0. The van der Waals surface area contributed by atoms with Gasteiger partial charge in [-0.1, -0.05) is 32.6 Å². The maximum atomic E-state index is 11.4. The maximum Gasteiger partial charge on any atom is 0.242 e. The van der Waals surface area contributed by atoms with E-state index in [2.05, 4.69) is 13.8 Å². The lowest BCUT2D eigenvalue weighted by molar-refractivity contribution is -0.428. The van der Waals surface area contributed by atoms with E-state index in [4.69, 9.17) is 4.74 Å². The Morgan fingerprint density at radius 2 is 1.81 bits per heavy atom. The molecule has 1 aliphatic rings. The number of unbranched alkanes of at least 4 members (excludes halogenated alkanes) is 6. The van der Waals surface area contributed by atoms with Crippen molar-refractivity contribution in [3.05, 3.63) is 44.1 Å². The number of rotatable bonds is 12. The van der Waals surface area contributed by atoms with Crippen LogP contribution in [0.4, 0.5) is 0 Å². The van der Waals surface area contributed by atoms with Crippen molar-refractivity contribution < 1.29 is 14.8 Å². The monoisotopic (exact) mass is 431 g/mol. The van der Waals surface area contributed by atoms with Gasteiger partial charge >= 0.3 is 0 Å². The van der Waals surface area contributed by atoms with Gasteiger partial charge in [-0.25, -0.2) is 0 Å². The minimum atomic E-state index is -0.259. The van der Waals surface area contributed by atoms with E-state index in [-0.39, 0.29) is 10.5 Å². The molecule has 0 spiro atoms. The SMILES string of the molecule is CCCCCCCC=C(CCCCC1(C)CCc2c(C)c(O)c(C)c(C)c2O1)[N+](=O)[O-]. The lowest BCUT2D eigenvalue weighted by Gasteiger charge is -2.38. The summed E-state index contributed by atoms with van der Waals surface area (Å²) in [5.74, 6) is 1.31. The van der Waals surface area contributed by atoms with Gasteiger partial charge in [-0.15, -0.1) is 0 Å². The van der Waals surface area contributed by atoms with E-state index in [1.807, 2.05) is 26.8 Å².